The van der Waals surface area contributed by atoms with E-state index in [9.17, 15) is 4.21 Å². The van der Waals surface area contributed by atoms with E-state index in [0.29, 0.717) is 12.1 Å². The molecule has 0 aliphatic carbocycles. The van der Waals surface area contributed by atoms with Gasteiger partial charge < -0.3 is 10.2 Å². The molecular formula is C17H26N2OS. The van der Waals surface area contributed by atoms with Crippen molar-refractivity contribution < 1.29 is 4.21 Å². The van der Waals surface area contributed by atoms with E-state index in [1.165, 1.54) is 25.1 Å². The molecule has 21 heavy (non-hydrogen) atoms. The largest absolute Gasteiger partial charge is 0.310 e. The van der Waals surface area contributed by atoms with Gasteiger partial charge in [0.05, 0.1) is 0 Å². The van der Waals surface area contributed by atoms with Crippen LogP contribution in [0.4, 0.5) is 0 Å². The third-order valence-corrected chi connectivity index (χ3v) is 6.07. The Hall–Kier alpha value is -0.710. The minimum atomic E-state index is -0.546. The van der Waals surface area contributed by atoms with E-state index >= 15 is 0 Å². The van der Waals surface area contributed by atoms with Gasteiger partial charge in [-0.2, -0.15) is 0 Å². The Morgan fingerprint density at radius 3 is 2.62 bits per heavy atom. The van der Waals surface area contributed by atoms with Crippen LogP contribution in [0.5, 0.6) is 0 Å². The normalized spacial score (nSPS) is 30.6. The lowest BCUT2D eigenvalue weighted by Gasteiger charge is -2.26. The summed E-state index contributed by atoms with van der Waals surface area (Å²) in [7, 11) is -0.546. The number of hydrogen-bond acceptors (Lipinski definition) is 3. The molecule has 3 nitrogen and oxygen atoms in total. The highest BCUT2D eigenvalue weighted by molar-refractivity contribution is 7.85. The third kappa shape index (κ3) is 4.63. The summed E-state index contributed by atoms with van der Waals surface area (Å²) in [6.45, 7) is 3.55. The minimum absolute atomic E-state index is 0.546. The Morgan fingerprint density at radius 1 is 1.10 bits per heavy atom. The Balaban J connectivity index is 1.38. The molecule has 2 fully saturated rings. The van der Waals surface area contributed by atoms with Crippen molar-refractivity contribution >= 4 is 10.8 Å². The predicted molar refractivity (Wildman–Crippen MR) is 89.0 cm³/mol. The van der Waals surface area contributed by atoms with Gasteiger partial charge >= 0.3 is 0 Å². The summed E-state index contributed by atoms with van der Waals surface area (Å²) < 4.78 is 11.4. The zero-order valence-electron chi connectivity index (χ0n) is 12.7. The van der Waals surface area contributed by atoms with E-state index in [4.69, 9.17) is 0 Å². The summed E-state index contributed by atoms with van der Waals surface area (Å²) in [4.78, 5) is 2.58. The zero-order chi connectivity index (χ0) is 14.5. The molecule has 2 heterocycles. The summed E-state index contributed by atoms with van der Waals surface area (Å²) in [5, 5.41) is 3.79. The Morgan fingerprint density at radius 2 is 1.86 bits per heavy atom. The quantitative estimate of drug-likeness (QED) is 0.900. The first-order valence-electron chi connectivity index (χ1n) is 8.17. The van der Waals surface area contributed by atoms with E-state index in [-0.39, 0.29) is 0 Å². The Bertz CT molecular complexity index is 455. The van der Waals surface area contributed by atoms with Crippen molar-refractivity contribution in [2.24, 2.45) is 0 Å². The second-order valence-corrected chi connectivity index (χ2v) is 8.01. The average molecular weight is 306 g/mol. The van der Waals surface area contributed by atoms with Crippen molar-refractivity contribution in [3.8, 4) is 0 Å². The summed E-state index contributed by atoms with van der Waals surface area (Å²) >= 11 is 0. The number of nitrogens with zero attached hydrogens (tertiary/aromatic N) is 1. The standard InChI is InChI=1S/C17H26N2OS/c20-21-12-8-16(9-13-21)18-17-7-11-19(14-17)10-6-15-4-2-1-3-5-15/h1-5,16-18H,6-14H2. The highest BCUT2D eigenvalue weighted by Crippen LogP contribution is 2.15. The fraction of sp³-hybridized carbons (Fsp3) is 0.647. The number of likely N-dealkylation sites (tertiary alicyclic amines) is 1. The van der Waals surface area contributed by atoms with Crippen molar-refractivity contribution in [2.75, 3.05) is 31.1 Å². The molecule has 0 radical (unpaired) electrons. The fourth-order valence-corrected chi connectivity index (χ4v) is 4.70. The lowest BCUT2D eigenvalue weighted by molar-refractivity contribution is 0.322. The van der Waals surface area contributed by atoms with E-state index < -0.39 is 10.8 Å². The summed E-state index contributed by atoms with van der Waals surface area (Å²) in [5.41, 5.74) is 1.43. The van der Waals surface area contributed by atoms with Gasteiger partial charge in [-0.25, -0.2) is 0 Å². The van der Waals surface area contributed by atoms with Crippen molar-refractivity contribution in [3.63, 3.8) is 0 Å². The number of rotatable bonds is 5. The lowest BCUT2D eigenvalue weighted by Crippen LogP contribution is -2.43. The molecule has 116 valence electrons. The van der Waals surface area contributed by atoms with Gasteiger partial charge in [-0.15, -0.1) is 0 Å². The maximum absolute atomic E-state index is 11.4. The monoisotopic (exact) mass is 306 g/mol. The van der Waals surface area contributed by atoms with Crippen LogP contribution >= 0.6 is 0 Å². The predicted octanol–water partition coefficient (Wildman–Crippen LogP) is 1.80. The van der Waals surface area contributed by atoms with Crippen LogP contribution in [-0.4, -0.2) is 52.3 Å². The van der Waals surface area contributed by atoms with Crippen molar-refractivity contribution in [1.29, 1.82) is 0 Å². The van der Waals surface area contributed by atoms with E-state index in [1.54, 1.807) is 0 Å². The van der Waals surface area contributed by atoms with Crippen LogP contribution in [0.25, 0.3) is 0 Å². The maximum Gasteiger partial charge on any atom is 0.0249 e. The van der Waals surface area contributed by atoms with Crippen LogP contribution in [0.2, 0.25) is 0 Å². The first kappa shape index (κ1) is 15.2. The van der Waals surface area contributed by atoms with Gasteiger partial charge in [-0.1, -0.05) is 30.3 Å². The van der Waals surface area contributed by atoms with Crippen molar-refractivity contribution in [1.82, 2.24) is 10.2 Å². The van der Waals surface area contributed by atoms with Crippen LogP contribution in [0.3, 0.4) is 0 Å². The highest BCUT2D eigenvalue weighted by atomic mass is 32.2. The minimum Gasteiger partial charge on any atom is -0.310 e. The highest BCUT2D eigenvalue weighted by Gasteiger charge is 2.26. The van der Waals surface area contributed by atoms with Gasteiger partial charge in [0.2, 0.25) is 0 Å². The Kier molecular flexibility index (Phi) is 5.44. The second-order valence-electron chi connectivity index (χ2n) is 6.31. The molecule has 0 amide bonds. The first-order valence-corrected chi connectivity index (χ1v) is 9.66. The van der Waals surface area contributed by atoms with Crippen LogP contribution in [0.15, 0.2) is 30.3 Å². The molecule has 0 saturated carbocycles. The first-order chi connectivity index (χ1) is 10.3. The molecule has 1 unspecified atom stereocenters. The van der Waals surface area contributed by atoms with Gasteiger partial charge in [0.25, 0.3) is 0 Å². The SMILES string of the molecule is O=S1CCC(NC2CCN(CCc3ccccc3)C2)CC1. The summed E-state index contributed by atoms with van der Waals surface area (Å²) in [6.07, 6.45) is 4.59. The van der Waals surface area contributed by atoms with Crippen LogP contribution in [-0.2, 0) is 17.2 Å². The van der Waals surface area contributed by atoms with Crippen molar-refractivity contribution in [3.05, 3.63) is 35.9 Å². The molecular weight excluding hydrogens is 280 g/mol. The van der Waals surface area contributed by atoms with Crippen molar-refractivity contribution in [2.45, 2.75) is 37.8 Å². The molecule has 0 aromatic heterocycles. The number of nitrogens with one attached hydrogen (secondary N) is 1. The molecule has 1 atom stereocenters. The molecule has 2 aliphatic rings. The molecule has 0 spiro atoms. The average Bonchev–Trinajstić information content (AvgIpc) is 2.96. The van der Waals surface area contributed by atoms with Crippen LogP contribution < -0.4 is 5.32 Å². The summed E-state index contributed by atoms with van der Waals surface area (Å²) in [6, 6.07) is 12.0. The third-order valence-electron chi connectivity index (χ3n) is 4.69. The molecule has 2 saturated heterocycles. The summed E-state index contributed by atoms with van der Waals surface area (Å²) in [5.74, 6) is 1.78. The van der Waals surface area contributed by atoms with Gasteiger partial charge in [-0.3, -0.25) is 4.21 Å². The number of benzene rings is 1. The van der Waals surface area contributed by atoms with E-state index in [2.05, 4.69) is 40.5 Å². The molecule has 4 heteroatoms. The number of hydrogen-bond donors (Lipinski definition) is 1. The zero-order valence-corrected chi connectivity index (χ0v) is 13.5. The molecule has 1 N–H and O–H groups in total. The van der Waals surface area contributed by atoms with Gasteiger partial charge in [-0.05, 0) is 37.8 Å². The lowest BCUT2D eigenvalue weighted by atomic mass is 10.1. The Labute approximate surface area is 130 Å². The molecule has 0 bridgehead atoms. The van der Waals surface area contributed by atoms with Gasteiger partial charge in [0.1, 0.15) is 0 Å². The topological polar surface area (TPSA) is 32.3 Å². The molecule has 1 aromatic rings. The van der Waals surface area contributed by atoms with Crippen LogP contribution in [0, 0.1) is 0 Å². The maximum atomic E-state index is 11.4. The second kappa shape index (κ2) is 7.52. The smallest absolute Gasteiger partial charge is 0.0249 e. The van der Waals surface area contributed by atoms with Crippen LogP contribution in [0.1, 0.15) is 24.8 Å². The van der Waals surface area contributed by atoms with Gasteiger partial charge in [0, 0.05) is 47.5 Å². The van der Waals surface area contributed by atoms with E-state index in [0.717, 1.165) is 37.3 Å². The van der Waals surface area contributed by atoms with E-state index in [1.807, 2.05) is 0 Å². The van der Waals surface area contributed by atoms with Gasteiger partial charge in [0.15, 0.2) is 0 Å². The molecule has 2 aliphatic heterocycles. The molecule has 3 rings (SSSR count). The fourth-order valence-electron chi connectivity index (χ4n) is 3.40. The molecule has 1 aromatic carbocycles.